The minimum absolute atomic E-state index is 0.0644. The number of nitrogens with one attached hydrogen (secondary N) is 1. The molecular weight excluding hydrogens is 407 g/mol. The number of fused-ring (bicyclic) bond motifs is 1. The summed E-state index contributed by atoms with van der Waals surface area (Å²) in [4.78, 5) is 23.7. The van der Waals surface area contributed by atoms with Crippen molar-refractivity contribution < 1.29 is 14.3 Å². The van der Waals surface area contributed by atoms with E-state index < -0.39 is 5.82 Å². The van der Waals surface area contributed by atoms with E-state index in [0.717, 1.165) is 17.7 Å². The maximum Gasteiger partial charge on any atom is 0.318 e. The third-order valence-electron chi connectivity index (χ3n) is 5.64. The van der Waals surface area contributed by atoms with E-state index >= 15 is 0 Å². The van der Waals surface area contributed by atoms with E-state index in [4.69, 9.17) is 11.6 Å². The van der Waals surface area contributed by atoms with Crippen molar-refractivity contribution in [3.63, 3.8) is 0 Å². The van der Waals surface area contributed by atoms with Crippen LogP contribution in [0.15, 0.2) is 24.4 Å². The monoisotopic (exact) mass is 434 g/mol. The molecule has 0 fully saturated rings. The summed E-state index contributed by atoms with van der Waals surface area (Å²) in [5, 5.41) is 12.5. The van der Waals surface area contributed by atoms with E-state index in [-0.39, 0.29) is 29.6 Å². The van der Waals surface area contributed by atoms with E-state index in [9.17, 15) is 14.3 Å². The van der Waals surface area contributed by atoms with Crippen LogP contribution in [0.1, 0.15) is 55.4 Å². The zero-order valence-electron chi connectivity index (χ0n) is 17.4. The van der Waals surface area contributed by atoms with Gasteiger partial charge in [0.1, 0.15) is 11.6 Å². The quantitative estimate of drug-likeness (QED) is 0.689. The van der Waals surface area contributed by atoms with Crippen LogP contribution >= 0.6 is 11.6 Å². The highest BCUT2D eigenvalue weighted by molar-refractivity contribution is 6.30. The summed E-state index contributed by atoms with van der Waals surface area (Å²) in [7, 11) is 0. The van der Waals surface area contributed by atoms with Gasteiger partial charge in [-0.3, -0.25) is 0 Å². The van der Waals surface area contributed by atoms with Crippen LogP contribution in [0.5, 0.6) is 0 Å². The summed E-state index contributed by atoms with van der Waals surface area (Å²) >= 11 is 5.77. The molecule has 8 heteroatoms. The first-order valence-corrected chi connectivity index (χ1v) is 10.8. The average molecular weight is 435 g/mol. The van der Waals surface area contributed by atoms with Crippen molar-refractivity contribution in [3.8, 4) is 0 Å². The summed E-state index contributed by atoms with van der Waals surface area (Å²) in [6, 6.07) is 4.10. The van der Waals surface area contributed by atoms with Gasteiger partial charge in [0, 0.05) is 25.8 Å². The molecule has 6 nitrogen and oxygen atoms in total. The minimum Gasteiger partial charge on any atom is -0.396 e. The summed E-state index contributed by atoms with van der Waals surface area (Å²) in [5.74, 6) is 0.336. The van der Waals surface area contributed by atoms with Crippen LogP contribution in [0.2, 0.25) is 5.02 Å². The molecule has 2 amide bonds. The Hall–Kier alpha value is -2.25. The van der Waals surface area contributed by atoms with Gasteiger partial charge >= 0.3 is 6.03 Å². The lowest BCUT2D eigenvalue weighted by Crippen LogP contribution is -2.44. The molecule has 2 heterocycles. The number of aliphatic hydroxyl groups is 1. The van der Waals surface area contributed by atoms with Crippen molar-refractivity contribution in [2.75, 3.05) is 13.2 Å². The number of aromatic nitrogens is 2. The second-order valence-corrected chi connectivity index (χ2v) is 8.08. The van der Waals surface area contributed by atoms with Gasteiger partial charge in [-0.15, -0.1) is 0 Å². The minimum atomic E-state index is -0.494. The van der Waals surface area contributed by atoms with E-state index in [2.05, 4.69) is 15.3 Å². The zero-order valence-corrected chi connectivity index (χ0v) is 18.1. The second-order valence-electron chi connectivity index (χ2n) is 7.67. The molecule has 30 heavy (non-hydrogen) atoms. The highest BCUT2D eigenvalue weighted by Crippen LogP contribution is 2.24. The Morgan fingerprint density at radius 1 is 1.37 bits per heavy atom. The summed E-state index contributed by atoms with van der Waals surface area (Å²) in [6.07, 6.45) is 4.62. The maximum absolute atomic E-state index is 13.8. The predicted octanol–water partition coefficient (Wildman–Crippen LogP) is 4.05. The predicted molar refractivity (Wildman–Crippen MR) is 114 cm³/mol. The standard InChI is InChI=1S/C22H28ClFN4O2/c1-3-14(13-29)9-21-25-11-16-7-8-28(12-20(16)26-21)22(30)27-19(4-2)15-5-6-17(23)18(24)10-15/h5-6,10-11,14,19,29H,3-4,7-9,12-13H2,1-2H3,(H,27,30)/t14-,19-/m1/s1. The summed E-state index contributed by atoms with van der Waals surface area (Å²) in [6.45, 7) is 5.05. The Morgan fingerprint density at radius 3 is 2.83 bits per heavy atom. The average Bonchev–Trinajstić information content (AvgIpc) is 2.77. The molecule has 162 valence electrons. The zero-order chi connectivity index (χ0) is 21.7. The lowest BCUT2D eigenvalue weighted by Gasteiger charge is -2.30. The van der Waals surface area contributed by atoms with Crippen LogP contribution in [-0.2, 0) is 19.4 Å². The van der Waals surface area contributed by atoms with Gasteiger partial charge in [0.2, 0.25) is 0 Å². The molecule has 0 aliphatic carbocycles. The fraction of sp³-hybridized carbons (Fsp3) is 0.500. The Labute approximate surface area is 181 Å². The van der Waals surface area contributed by atoms with Crippen molar-refractivity contribution >= 4 is 17.6 Å². The number of halogens is 2. The molecule has 1 aromatic carbocycles. The van der Waals surface area contributed by atoms with Crippen LogP contribution < -0.4 is 5.32 Å². The third kappa shape index (κ3) is 5.26. The fourth-order valence-corrected chi connectivity index (χ4v) is 3.72. The number of rotatable bonds is 7. The molecule has 0 radical (unpaired) electrons. The van der Waals surface area contributed by atoms with Gasteiger partial charge < -0.3 is 15.3 Å². The molecule has 2 aromatic rings. The van der Waals surface area contributed by atoms with Crippen molar-refractivity contribution in [2.24, 2.45) is 5.92 Å². The van der Waals surface area contributed by atoms with E-state index in [0.29, 0.717) is 43.7 Å². The van der Waals surface area contributed by atoms with Gasteiger partial charge in [-0.2, -0.15) is 0 Å². The SMILES string of the molecule is CC[C@@H](CO)Cc1ncc2c(n1)CN(C(=O)N[C@H](CC)c1ccc(Cl)c(F)c1)CC2. The highest BCUT2D eigenvalue weighted by Gasteiger charge is 2.25. The van der Waals surface area contributed by atoms with Gasteiger partial charge in [0.25, 0.3) is 0 Å². The number of hydrogen-bond donors (Lipinski definition) is 2. The number of aliphatic hydroxyl groups excluding tert-OH is 1. The normalized spacial score (nSPS) is 15.4. The number of nitrogens with zero attached hydrogens (tertiary/aromatic N) is 3. The van der Waals surface area contributed by atoms with Crippen molar-refractivity contribution in [1.29, 1.82) is 0 Å². The van der Waals surface area contributed by atoms with Crippen LogP contribution in [0.4, 0.5) is 9.18 Å². The molecule has 1 aliphatic heterocycles. The number of benzene rings is 1. The maximum atomic E-state index is 13.8. The molecule has 0 bridgehead atoms. The summed E-state index contributed by atoms with van der Waals surface area (Å²) in [5.41, 5.74) is 2.58. The molecule has 1 aliphatic rings. The molecule has 0 unspecified atom stereocenters. The van der Waals surface area contributed by atoms with E-state index in [1.54, 1.807) is 11.0 Å². The molecule has 0 saturated carbocycles. The van der Waals surface area contributed by atoms with Gasteiger partial charge in [-0.25, -0.2) is 19.2 Å². The first-order chi connectivity index (χ1) is 14.4. The van der Waals surface area contributed by atoms with Gasteiger partial charge in [-0.05, 0) is 42.0 Å². The van der Waals surface area contributed by atoms with Crippen molar-refractivity contribution in [1.82, 2.24) is 20.2 Å². The molecule has 1 aromatic heterocycles. The Bertz CT molecular complexity index is 891. The lowest BCUT2D eigenvalue weighted by atomic mass is 10.0. The third-order valence-corrected chi connectivity index (χ3v) is 5.95. The lowest BCUT2D eigenvalue weighted by molar-refractivity contribution is 0.186. The molecule has 2 N–H and O–H groups in total. The molecule has 0 saturated heterocycles. The van der Waals surface area contributed by atoms with Crippen LogP contribution in [-0.4, -0.2) is 39.2 Å². The van der Waals surface area contributed by atoms with Crippen LogP contribution in [0.3, 0.4) is 0 Å². The number of urea groups is 1. The summed E-state index contributed by atoms with van der Waals surface area (Å²) < 4.78 is 13.8. The van der Waals surface area contributed by atoms with Crippen LogP contribution in [0.25, 0.3) is 0 Å². The highest BCUT2D eigenvalue weighted by atomic mass is 35.5. The van der Waals surface area contributed by atoms with Crippen LogP contribution in [0, 0.1) is 11.7 Å². The topological polar surface area (TPSA) is 78.4 Å². The first-order valence-electron chi connectivity index (χ1n) is 10.4. The number of hydrogen-bond acceptors (Lipinski definition) is 4. The number of carbonyl (C=O) groups excluding carboxylic acids is 1. The Morgan fingerprint density at radius 2 is 2.17 bits per heavy atom. The smallest absolute Gasteiger partial charge is 0.318 e. The Kier molecular flexibility index (Phi) is 7.61. The van der Waals surface area contributed by atoms with Crippen molar-refractivity contribution in [3.05, 3.63) is 57.9 Å². The largest absolute Gasteiger partial charge is 0.396 e. The second kappa shape index (κ2) is 10.2. The first kappa shape index (κ1) is 22.4. The molecule has 3 rings (SSSR count). The fourth-order valence-electron chi connectivity index (χ4n) is 3.60. The molecular formula is C22H28ClFN4O2. The van der Waals surface area contributed by atoms with Gasteiger partial charge in [-0.1, -0.05) is 37.9 Å². The number of carbonyl (C=O) groups is 1. The van der Waals surface area contributed by atoms with E-state index in [1.807, 2.05) is 20.0 Å². The Balaban J connectivity index is 1.68. The van der Waals surface area contributed by atoms with E-state index in [1.165, 1.54) is 12.1 Å². The van der Waals surface area contributed by atoms with Crippen molar-refractivity contribution in [2.45, 2.75) is 52.1 Å². The molecule has 0 spiro atoms. The van der Waals surface area contributed by atoms with Gasteiger partial charge in [0.05, 0.1) is 23.3 Å². The van der Waals surface area contributed by atoms with Gasteiger partial charge in [0.15, 0.2) is 0 Å². The number of amides is 2. The molecule has 2 atom stereocenters.